The number of para-hydroxylation sites is 2. The number of imidazole rings is 1. The molecule has 1 aromatic carbocycles. The first-order valence-corrected chi connectivity index (χ1v) is 9.17. The third kappa shape index (κ3) is 3.95. The van der Waals surface area contributed by atoms with Gasteiger partial charge >= 0.3 is 6.03 Å². The van der Waals surface area contributed by atoms with Crippen LogP contribution in [-0.4, -0.2) is 34.8 Å². The summed E-state index contributed by atoms with van der Waals surface area (Å²) in [7, 11) is 0. The molecule has 1 aliphatic heterocycles. The Hall–Kier alpha value is -2.08. The molecule has 3 rings (SSSR count). The summed E-state index contributed by atoms with van der Waals surface area (Å²) < 4.78 is 7.90. The van der Waals surface area contributed by atoms with E-state index in [1.54, 1.807) is 0 Å². The van der Waals surface area contributed by atoms with Crippen molar-refractivity contribution in [3.8, 4) is 0 Å². The molecule has 0 aliphatic carbocycles. The van der Waals surface area contributed by atoms with Crippen molar-refractivity contribution < 1.29 is 9.53 Å². The van der Waals surface area contributed by atoms with Gasteiger partial charge in [0.15, 0.2) is 0 Å². The highest BCUT2D eigenvalue weighted by Crippen LogP contribution is 2.26. The van der Waals surface area contributed by atoms with E-state index in [2.05, 4.69) is 47.0 Å². The Morgan fingerprint density at radius 1 is 1.36 bits per heavy atom. The average molecular weight is 344 g/mol. The fourth-order valence-electron chi connectivity index (χ4n) is 3.67. The number of fused-ring (bicyclic) bond motifs is 1. The molecule has 2 amide bonds. The number of ether oxygens (including phenoxy) is 1. The Balaban J connectivity index is 1.54. The first-order chi connectivity index (χ1) is 12.1. The predicted molar refractivity (Wildman–Crippen MR) is 98.3 cm³/mol. The Morgan fingerprint density at radius 2 is 2.16 bits per heavy atom. The van der Waals surface area contributed by atoms with Crippen molar-refractivity contribution in [2.75, 3.05) is 13.2 Å². The largest absolute Gasteiger partial charge is 0.378 e. The molecular weight excluding hydrogens is 316 g/mol. The first-order valence-electron chi connectivity index (χ1n) is 9.17. The SMILES string of the molecule is CCn1c(CNC(=O)NC[C@@H]2CCO[C@@H]2C(C)C)nc2ccccc21. The van der Waals surface area contributed by atoms with Crippen molar-refractivity contribution in [3.63, 3.8) is 0 Å². The van der Waals surface area contributed by atoms with Crippen LogP contribution in [0.25, 0.3) is 11.0 Å². The van der Waals surface area contributed by atoms with Crippen molar-refractivity contribution >= 4 is 17.1 Å². The van der Waals surface area contributed by atoms with E-state index in [1.807, 2.05) is 18.2 Å². The van der Waals surface area contributed by atoms with Crippen LogP contribution >= 0.6 is 0 Å². The number of hydrogen-bond donors (Lipinski definition) is 2. The highest BCUT2D eigenvalue weighted by molar-refractivity contribution is 5.76. The zero-order valence-corrected chi connectivity index (χ0v) is 15.3. The number of benzene rings is 1. The number of urea groups is 1. The number of carbonyl (C=O) groups excluding carboxylic acids is 1. The van der Waals surface area contributed by atoms with Gasteiger partial charge in [0.25, 0.3) is 0 Å². The summed E-state index contributed by atoms with van der Waals surface area (Å²) in [6.45, 7) is 9.11. The standard InChI is InChI=1S/C19H28N4O2/c1-4-23-16-8-6-5-7-15(16)22-17(23)12-21-19(24)20-11-14-9-10-25-18(14)13(2)3/h5-8,13-14,18H,4,9-12H2,1-3H3,(H2,20,21,24)/t14-,18+/m0/s1. The molecule has 2 N–H and O–H groups in total. The van der Waals surface area contributed by atoms with Crippen LogP contribution in [0.2, 0.25) is 0 Å². The van der Waals surface area contributed by atoms with Crippen LogP contribution in [0.15, 0.2) is 24.3 Å². The smallest absolute Gasteiger partial charge is 0.315 e. The zero-order valence-electron chi connectivity index (χ0n) is 15.3. The molecule has 2 aromatic rings. The third-order valence-electron chi connectivity index (χ3n) is 4.90. The van der Waals surface area contributed by atoms with Crippen LogP contribution < -0.4 is 10.6 Å². The van der Waals surface area contributed by atoms with E-state index in [9.17, 15) is 4.79 Å². The molecule has 25 heavy (non-hydrogen) atoms. The van der Waals surface area contributed by atoms with Gasteiger partial charge in [-0.25, -0.2) is 9.78 Å². The summed E-state index contributed by atoms with van der Waals surface area (Å²) >= 11 is 0. The fraction of sp³-hybridized carbons (Fsp3) is 0.579. The maximum Gasteiger partial charge on any atom is 0.315 e. The average Bonchev–Trinajstić information content (AvgIpc) is 3.21. The van der Waals surface area contributed by atoms with Crippen LogP contribution in [0.5, 0.6) is 0 Å². The minimum atomic E-state index is -0.149. The summed E-state index contributed by atoms with van der Waals surface area (Å²) in [5, 5.41) is 5.91. The molecule has 1 aliphatic rings. The normalized spacial score (nSPS) is 20.3. The van der Waals surface area contributed by atoms with E-state index in [0.717, 1.165) is 36.4 Å². The number of aromatic nitrogens is 2. The van der Waals surface area contributed by atoms with Gasteiger partial charge in [0, 0.05) is 25.6 Å². The van der Waals surface area contributed by atoms with Gasteiger partial charge in [0.05, 0.1) is 23.7 Å². The van der Waals surface area contributed by atoms with Gasteiger partial charge in [-0.15, -0.1) is 0 Å². The molecule has 1 aromatic heterocycles. The lowest BCUT2D eigenvalue weighted by Gasteiger charge is -2.22. The van der Waals surface area contributed by atoms with Gasteiger partial charge in [0.1, 0.15) is 5.82 Å². The lowest BCUT2D eigenvalue weighted by atomic mass is 9.93. The molecule has 0 bridgehead atoms. The first kappa shape index (κ1) is 17.7. The molecule has 1 saturated heterocycles. The van der Waals surface area contributed by atoms with E-state index >= 15 is 0 Å². The molecule has 1 fully saturated rings. The van der Waals surface area contributed by atoms with E-state index < -0.39 is 0 Å². The van der Waals surface area contributed by atoms with Crippen molar-refractivity contribution in [2.24, 2.45) is 11.8 Å². The van der Waals surface area contributed by atoms with Crippen molar-refractivity contribution in [2.45, 2.75) is 46.4 Å². The van der Waals surface area contributed by atoms with Gasteiger partial charge in [0.2, 0.25) is 0 Å². The summed E-state index contributed by atoms with van der Waals surface area (Å²) in [6, 6.07) is 7.89. The molecule has 6 heteroatoms. The quantitative estimate of drug-likeness (QED) is 0.847. The summed E-state index contributed by atoms with van der Waals surface area (Å²) in [4.78, 5) is 16.8. The van der Waals surface area contributed by atoms with Gasteiger partial charge < -0.3 is 19.9 Å². The Labute approximate surface area is 149 Å². The van der Waals surface area contributed by atoms with Crippen molar-refractivity contribution in [1.82, 2.24) is 20.2 Å². The Kier molecular flexibility index (Phi) is 5.58. The molecule has 2 heterocycles. The number of amides is 2. The zero-order chi connectivity index (χ0) is 17.8. The number of carbonyl (C=O) groups is 1. The van der Waals surface area contributed by atoms with Gasteiger partial charge in [-0.3, -0.25) is 0 Å². The summed E-state index contributed by atoms with van der Waals surface area (Å²) in [5.41, 5.74) is 2.06. The molecule has 0 spiro atoms. The van der Waals surface area contributed by atoms with Gasteiger partial charge in [-0.1, -0.05) is 26.0 Å². The highest BCUT2D eigenvalue weighted by Gasteiger charge is 2.30. The van der Waals surface area contributed by atoms with Crippen LogP contribution in [0.1, 0.15) is 33.0 Å². The van der Waals surface area contributed by atoms with Crippen LogP contribution in [0, 0.1) is 11.8 Å². The molecule has 0 unspecified atom stereocenters. The molecule has 6 nitrogen and oxygen atoms in total. The molecule has 0 saturated carbocycles. The van der Waals surface area contributed by atoms with E-state index in [4.69, 9.17) is 4.74 Å². The van der Waals surface area contributed by atoms with E-state index in [-0.39, 0.29) is 12.1 Å². The number of rotatable bonds is 6. The van der Waals surface area contributed by atoms with E-state index in [0.29, 0.717) is 24.9 Å². The Bertz CT molecular complexity index is 725. The number of nitrogens with one attached hydrogen (secondary N) is 2. The third-order valence-corrected chi connectivity index (χ3v) is 4.90. The Morgan fingerprint density at radius 3 is 2.92 bits per heavy atom. The van der Waals surface area contributed by atoms with Gasteiger partial charge in [-0.05, 0) is 31.4 Å². The summed E-state index contributed by atoms with van der Waals surface area (Å²) in [6.07, 6.45) is 1.25. The molecule has 136 valence electrons. The lowest BCUT2D eigenvalue weighted by molar-refractivity contribution is 0.0545. The maximum atomic E-state index is 12.2. The second-order valence-electron chi connectivity index (χ2n) is 6.95. The highest BCUT2D eigenvalue weighted by atomic mass is 16.5. The van der Waals surface area contributed by atoms with Gasteiger partial charge in [-0.2, -0.15) is 0 Å². The monoisotopic (exact) mass is 344 g/mol. The minimum Gasteiger partial charge on any atom is -0.378 e. The molecule has 2 atom stereocenters. The molecular formula is C19H28N4O2. The number of nitrogens with zero attached hydrogens (tertiary/aromatic N) is 2. The summed E-state index contributed by atoms with van der Waals surface area (Å²) in [5.74, 6) is 1.75. The number of aryl methyl sites for hydroxylation is 1. The van der Waals surface area contributed by atoms with E-state index in [1.165, 1.54) is 0 Å². The van der Waals surface area contributed by atoms with Crippen LogP contribution in [0.4, 0.5) is 4.79 Å². The molecule has 0 radical (unpaired) electrons. The second-order valence-corrected chi connectivity index (χ2v) is 6.95. The number of hydrogen-bond acceptors (Lipinski definition) is 3. The predicted octanol–water partition coefficient (Wildman–Crippen LogP) is 2.92. The van der Waals surface area contributed by atoms with Crippen LogP contribution in [0.3, 0.4) is 0 Å². The second kappa shape index (κ2) is 7.87. The topological polar surface area (TPSA) is 68.2 Å². The lowest BCUT2D eigenvalue weighted by Crippen LogP contribution is -2.40. The van der Waals surface area contributed by atoms with Crippen LogP contribution in [-0.2, 0) is 17.8 Å². The van der Waals surface area contributed by atoms with Crippen molar-refractivity contribution in [1.29, 1.82) is 0 Å². The van der Waals surface area contributed by atoms with Crippen molar-refractivity contribution in [3.05, 3.63) is 30.1 Å². The minimum absolute atomic E-state index is 0.149. The maximum absolute atomic E-state index is 12.2. The fourth-order valence-corrected chi connectivity index (χ4v) is 3.67.